The molecule has 0 atom stereocenters. The fourth-order valence-corrected chi connectivity index (χ4v) is 2.90. The van der Waals surface area contributed by atoms with E-state index in [4.69, 9.17) is 4.74 Å². The summed E-state index contributed by atoms with van der Waals surface area (Å²) >= 11 is 0. The van der Waals surface area contributed by atoms with Gasteiger partial charge < -0.3 is 9.84 Å². The van der Waals surface area contributed by atoms with Gasteiger partial charge in [0.15, 0.2) is 0 Å². The van der Waals surface area contributed by atoms with Crippen molar-refractivity contribution in [1.29, 1.82) is 0 Å². The molecule has 5 heteroatoms. The summed E-state index contributed by atoms with van der Waals surface area (Å²) in [5, 5.41) is 10.1. The van der Waals surface area contributed by atoms with Crippen LogP contribution >= 0.6 is 0 Å². The van der Waals surface area contributed by atoms with E-state index in [1.807, 2.05) is 0 Å². The molecule has 1 N–H and O–H groups in total. The Hall–Kier alpha value is -1.88. The number of nitrogens with zero attached hydrogens (tertiary/aromatic N) is 2. The van der Waals surface area contributed by atoms with Crippen molar-refractivity contribution in [3.63, 3.8) is 0 Å². The number of hydrogen-bond donors (Lipinski definition) is 1. The zero-order chi connectivity index (χ0) is 14.1. The van der Waals surface area contributed by atoms with Gasteiger partial charge >= 0.3 is 0 Å². The van der Waals surface area contributed by atoms with Crippen LogP contribution in [0.15, 0.2) is 29.3 Å². The molecule has 3 rings (SSSR count). The molecular weight excluding hydrogens is 256 g/mol. The molecule has 0 saturated heterocycles. The number of aliphatic hydroxyl groups is 1. The number of aromatic nitrogens is 2. The van der Waals surface area contributed by atoms with E-state index < -0.39 is 0 Å². The van der Waals surface area contributed by atoms with Crippen molar-refractivity contribution in [2.24, 2.45) is 0 Å². The minimum absolute atomic E-state index is 0.0321. The van der Waals surface area contributed by atoms with Gasteiger partial charge in [-0.05, 0) is 37.8 Å². The number of fused-ring (bicyclic) bond motifs is 1. The molecule has 1 fully saturated rings. The fourth-order valence-electron chi connectivity index (χ4n) is 2.90. The van der Waals surface area contributed by atoms with Gasteiger partial charge in [0.05, 0.1) is 24.9 Å². The Labute approximate surface area is 116 Å². The molecule has 106 valence electrons. The molecule has 0 radical (unpaired) electrons. The van der Waals surface area contributed by atoms with Crippen LogP contribution < -0.4 is 10.3 Å². The minimum atomic E-state index is -0.226. The van der Waals surface area contributed by atoms with E-state index in [-0.39, 0.29) is 17.7 Å². The van der Waals surface area contributed by atoms with Crippen molar-refractivity contribution in [2.75, 3.05) is 7.11 Å². The first kappa shape index (κ1) is 13.1. The van der Waals surface area contributed by atoms with E-state index >= 15 is 0 Å². The zero-order valence-corrected chi connectivity index (χ0v) is 11.5. The van der Waals surface area contributed by atoms with Crippen molar-refractivity contribution in [3.8, 4) is 5.75 Å². The molecule has 0 bridgehead atoms. The van der Waals surface area contributed by atoms with Crippen molar-refractivity contribution in [3.05, 3.63) is 34.9 Å². The van der Waals surface area contributed by atoms with Gasteiger partial charge in [-0.1, -0.05) is 6.07 Å². The predicted octanol–water partition coefficient (Wildman–Crippen LogP) is 1.88. The molecule has 0 unspecified atom stereocenters. The molecule has 0 amide bonds. The first-order chi connectivity index (χ1) is 9.70. The molecule has 0 spiro atoms. The average molecular weight is 274 g/mol. The van der Waals surface area contributed by atoms with Crippen molar-refractivity contribution in [2.45, 2.75) is 37.8 Å². The second-order valence-corrected chi connectivity index (χ2v) is 5.28. The lowest BCUT2D eigenvalue weighted by Crippen LogP contribution is -2.29. The lowest BCUT2D eigenvalue weighted by molar-refractivity contribution is 0.110. The van der Waals surface area contributed by atoms with Gasteiger partial charge in [-0.2, -0.15) is 0 Å². The summed E-state index contributed by atoms with van der Waals surface area (Å²) in [6.07, 6.45) is 4.50. The molecule has 20 heavy (non-hydrogen) atoms. The first-order valence-corrected chi connectivity index (χ1v) is 6.92. The van der Waals surface area contributed by atoms with Gasteiger partial charge in [0, 0.05) is 6.04 Å². The van der Waals surface area contributed by atoms with Gasteiger partial charge in [0.2, 0.25) is 0 Å². The molecule has 2 aromatic rings. The summed E-state index contributed by atoms with van der Waals surface area (Å²) in [5.74, 6) is 0.616. The van der Waals surface area contributed by atoms with Gasteiger partial charge in [-0.25, -0.2) is 4.98 Å². The molecule has 1 aliphatic rings. The maximum absolute atomic E-state index is 12.6. The van der Waals surface area contributed by atoms with E-state index in [0.29, 0.717) is 16.7 Å². The Morgan fingerprint density at radius 1 is 1.30 bits per heavy atom. The maximum Gasteiger partial charge on any atom is 0.261 e. The van der Waals surface area contributed by atoms with Crippen molar-refractivity contribution < 1.29 is 9.84 Å². The normalized spacial score (nSPS) is 22.9. The summed E-state index contributed by atoms with van der Waals surface area (Å²) in [5.41, 5.74) is 0.572. The van der Waals surface area contributed by atoms with E-state index in [9.17, 15) is 9.90 Å². The number of para-hydroxylation sites is 1. The highest BCUT2D eigenvalue weighted by molar-refractivity contribution is 5.83. The number of hydrogen-bond acceptors (Lipinski definition) is 4. The molecular formula is C15H18N2O3. The highest BCUT2D eigenvalue weighted by Crippen LogP contribution is 2.28. The van der Waals surface area contributed by atoms with Gasteiger partial charge in [0.1, 0.15) is 11.3 Å². The van der Waals surface area contributed by atoms with E-state index in [1.165, 1.54) is 0 Å². The monoisotopic (exact) mass is 274 g/mol. The van der Waals surface area contributed by atoms with Gasteiger partial charge in [0.25, 0.3) is 5.56 Å². The molecule has 0 aliphatic heterocycles. The van der Waals surface area contributed by atoms with Crippen LogP contribution in [0.1, 0.15) is 31.7 Å². The molecule has 1 aromatic heterocycles. The standard InChI is InChI=1S/C15H18N2O3/c1-20-13-4-2-3-12-14(13)16-9-17(15(12)19)10-5-7-11(18)8-6-10/h2-4,9-11,18H,5-8H2,1H3. The third-order valence-electron chi connectivity index (χ3n) is 4.05. The van der Waals surface area contributed by atoms with E-state index in [2.05, 4.69) is 4.98 Å². The fraction of sp³-hybridized carbons (Fsp3) is 0.467. The average Bonchev–Trinajstić information content (AvgIpc) is 2.48. The molecule has 1 saturated carbocycles. The Bertz CT molecular complexity index is 672. The van der Waals surface area contributed by atoms with Crippen LogP contribution in [0.25, 0.3) is 10.9 Å². The van der Waals surface area contributed by atoms with Crippen LogP contribution in [-0.4, -0.2) is 27.9 Å². The number of aliphatic hydroxyl groups excluding tert-OH is 1. The van der Waals surface area contributed by atoms with Crippen LogP contribution in [0, 0.1) is 0 Å². The zero-order valence-electron chi connectivity index (χ0n) is 11.5. The van der Waals surface area contributed by atoms with Crippen LogP contribution in [0.3, 0.4) is 0 Å². The number of ether oxygens (including phenoxy) is 1. The second-order valence-electron chi connectivity index (χ2n) is 5.28. The molecule has 1 aromatic carbocycles. The van der Waals surface area contributed by atoms with Crippen LogP contribution in [-0.2, 0) is 0 Å². The largest absolute Gasteiger partial charge is 0.494 e. The number of methoxy groups -OCH3 is 1. The van der Waals surface area contributed by atoms with Gasteiger partial charge in [-0.3, -0.25) is 9.36 Å². The first-order valence-electron chi connectivity index (χ1n) is 6.92. The van der Waals surface area contributed by atoms with E-state index in [1.54, 1.807) is 36.2 Å². The minimum Gasteiger partial charge on any atom is -0.494 e. The van der Waals surface area contributed by atoms with Crippen LogP contribution in [0.5, 0.6) is 5.75 Å². The Morgan fingerprint density at radius 3 is 2.75 bits per heavy atom. The summed E-state index contributed by atoms with van der Waals surface area (Å²) in [4.78, 5) is 17.0. The lowest BCUT2D eigenvalue weighted by Gasteiger charge is -2.26. The number of rotatable bonds is 2. The topological polar surface area (TPSA) is 64.3 Å². The summed E-state index contributed by atoms with van der Waals surface area (Å²) in [6, 6.07) is 5.52. The quantitative estimate of drug-likeness (QED) is 0.908. The number of benzene rings is 1. The predicted molar refractivity (Wildman–Crippen MR) is 76.1 cm³/mol. The summed E-state index contributed by atoms with van der Waals surface area (Å²) in [7, 11) is 1.57. The highest BCUT2D eigenvalue weighted by atomic mass is 16.5. The Morgan fingerprint density at radius 2 is 2.05 bits per heavy atom. The summed E-state index contributed by atoms with van der Waals surface area (Å²) < 4.78 is 6.94. The second kappa shape index (κ2) is 5.25. The Kier molecular flexibility index (Phi) is 3.44. The molecule has 1 aliphatic carbocycles. The molecule has 5 nitrogen and oxygen atoms in total. The third kappa shape index (κ3) is 2.18. The van der Waals surface area contributed by atoms with E-state index in [0.717, 1.165) is 25.7 Å². The smallest absolute Gasteiger partial charge is 0.261 e. The SMILES string of the molecule is COc1cccc2c(=O)n(C3CCC(O)CC3)cnc12. The van der Waals surface area contributed by atoms with Crippen LogP contribution in [0.4, 0.5) is 0 Å². The van der Waals surface area contributed by atoms with Gasteiger partial charge in [-0.15, -0.1) is 0 Å². The molecule has 1 heterocycles. The maximum atomic E-state index is 12.6. The van der Waals surface area contributed by atoms with Crippen LogP contribution in [0.2, 0.25) is 0 Å². The third-order valence-corrected chi connectivity index (χ3v) is 4.05. The van der Waals surface area contributed by atoms with Crippen molar-refractivity contribution in [1.82, 2.24) is 9.55 Å². The highest BCUT2D eigenvalue weighted by Gasteiger charge is 2.22. The van der Waals surface area contributed by atoms with Crippen molar-refractivity contribution >= 4 is 10.9 Å². The summed E-state index contributed by atoms with van der Waals surface area (Å²) in [6.45, 7) is 0. The lowest BCUT2D eigenvalue weighted by atomic mass is 9.93. The Balaban J connectivity index is 2.06.